The van der Waals surface area contributed by atoms with E-state index in [4.69, 9.17) is 15.5 Å². The van der Waals surface area contributed by atoms with E-state index >= 15 is 0 Å². The Kier molecular flexibility index (Phi) is 6.72. The second-order valence-corrected chi connectivity index (χ2v) is 9.15. The van der Waals surface area contributed by atoms with Crippen molar-refractivity contribution in [1.82, 2.24) is 25.2 Å². The van der Waals surface area contributed by atoms with E-state index in [1.54, 1.807) is 19.3 Å². The zero-order valence-corrected chi connectivity index (χ0v) is 20.8. The van der Waals surface area contributed by atoms with Gasteiger partial charge in [0.1, 0.15) is 23.8 Å². The molecule has 190 valence electrons. The van der Waals surface area contributed by atoms with Crippen LogP contribution in [0.4, 0.5) is 17.3 Å². The van der Waals surface area contributed by atoms with Gasteiger partial charge in [-0.1, -0.05) is 12.1 Å². The number of amides is 1. The summed E-state index contributed by atoms with van der Waals surface area (Å²) < 4.78 is 5.23. The van der Waals surface area contributed by atoms with Crippen LogP contribution < -0.4 is 21.1 Å². The van der Waals surface area contributed by atoms with E-state index in [-0.39, 0.29) is 17.6 Å². The van der Waals surface area contributed by atoms with Crippen molar-refractivity contribution in [3.8, 4) is 17.3 Å². The average Bonchev–Trinajstić information content (AvgIpc) is 2.93. The summed E-state index contributed by atoms with van der Waals surface area (Å²) in [6.07, 6.45) is 7.95. The number of aromatic nitrogens is 3. The zero-order valence-electron chi connectivity index (χ0n) is 20.8. The molecule has 1 unspecified atom stereocenters. The smallest absolute Gasteiger partial charge is 0.257 e. The summed E-state index contributed by atoms with van der Waals surface area (Å²) in [4.78, 5) is 38.8. The first kappa shape index (κ1) is 24.2. The third-order valence-electron chi connectivity index (χ3n) is 6.88. The Bertz CT molecular complexity index is 1350. The molecule has 1 saturated heterocycles. The minimum Gasteiger partial charge on any atom is -0.478 e. The van der Waals surface area contributed by atoms with Crippen LogP contribution >= 0.6 is 0 Å². The third-order valence-corrected chi connectivity index (χ3v) is 6.88. The predicted molar refractivity (Wildman–Crippen MR) is 141 cm³/mol. The van der Waals surface area contributed by atoms with Gasteiger partial charge in [-0.25, -0.2) is 15.0 Å². The number of hydrogen-bond acceptors (Lipinski definition) is 9. The fourth-order valence-electron chi connectivity index (χ4n) is 4.86. The van der Waals surface area contributed by atoms with Crippen molar-refractivity contribution in [1.29, 1.82) is 0 Å². The van der Waals surface area contributed by atoms with Crippen LogP contribution in [0.15, 0.2) is 42.7 Å². The SMILES string of the molecule is COc1nc(-c2cc3c(c(Nc4ccc(C5CCN(C(C)=O)CC5)cc4)n2)C(C=O)NC=C3)cnc1N. The monoisotopic (exact) mass is 499 g/mol. The standard InChI is InChI=1S/C27H29N7O3/c1-16(36)34-11-8-18(9-12-34)17-3-5-20(6-4-17)31-26-24-19(7-10-29-23(24)15-35)13-21(32-26)22-14-30-25(28)27(33-22)37-2/h3-7,10,13-15,18,23,29H,8-9,11-12H2,1-2H3,(H2,28,30)(H,31,32). The average molecular weight is 500 g/mol. The summed E-state index contributed by atoms with van der Waals surface area (Å²) in [5.74, 6) is 1.52. The number of piperidine rings is 1. The first-order chi connectivity index (χ1) is 18.0. The molecule has 1 aromatic carbocycles. The molecule has 10 heteroatoms. The van der Waals surface area contributed by atoms with Crippen molar-refractivity contribution in [2.24, 2.45) is 0 Å². The molecular weight excluding hydrogens is 470 g/mol. The highest BCUT2D eigenvalue weighted by Gasteiger charge is 2.24. The van der Waals surface area contributed by atoms with Crippen LogP contribution in [0.2, 0.25) is 0 Å². The van der Waals surface area contributed by atoms with E-state index in [9.17, 15) is 9.59 Å². The minimum absolute atomic E-state index is 0.136. The van der Waals surface area contributed by atoms with Crippen molar-refractivity contribution in [3.05, 3.63) is 59.4 Å². The van der Waals surface area contributed by atoms with Crippen LogP contribution in [-0.4, -0.2) is 52.2 Å². The Morgan fingerprint density at radius 1 is 1.19 bits per heavy atom. The van der Waals surface area contributed by atoms with Crippen LogP contribution in [0.25, 0.3) is 17.5 Å². The van der Waals surface area contributed by atoms with Crippen LogP contribution in [0.5, 0.6) is 5.88 Å². The number of aldehydes is 1. The number of carbonyl (C=O) groups excluding carboxylic acids is 2. The Morgan fingerprint density at radius 2 is 1.95 bits per heavy atom. The second-order valence-electron chi connectivity index (χ2n) is 9.15. The molecule has 10 nitrogen and oxygen atoms in total. The summed E-state index contributed by atoms with van der Waals surface area (Å²) in [6.45, 7) is 3.20. The lowest BCUT2D eigenvalue weighted by molar-refractivity contribution is -0.129. The Morgan fingerprint density at radius 3 is 2.62 bits per heavy atom. The molecule has 4 heterocycles. The molecule has 0 bridgehead atoms. The van der Waals surface area contributed by atoms with E-state index in [0.717, 1.165) is 49.0 Å². The fourth-order valence-corrected chi connectivity index (χ4v) is 4.86. The van der Waals surface area contributed by atoms with Crippen LogP contribution in [0.1, 0.15) is 48.4 Å². The maximum absolute atomic E-state index is 11.9. The molecule has 3 aromatic rings. The van der Waals surface area contributed by atoms with Gasteiger partial charge in [0.05, 0.1) is 19.0 Å². The van der Waals surface area contributed by atoms with Crippen molar-refractivity contribution in [3.63, 3.8) is 0 Å². The van der Waals surface area contributed by atoms with Crippen molar-refractivity contribution < 1.29 is 14.3 Å². The molecule has 37 heavy (non-hydrogen) atoms. The fraction of sp³-hybridized carbons (Fsp3) is 0.296. The number of nitrogens with one attached hydrogen (secondary N) is 2. The first-order valence-electron chi connectivity index (χ1n) is 12.2. The highest BCUT2D eigenvalue weighted by Crippen LogP contribution is 2.35. The lowest BCUT2D eigenvalue weighted by Gasteiger charge is -2.31. The van der Waals surface area contributed by atoms with Gasteiger partial charge in [0.2, 0.25) is 5.91 Å². The Hall–Kier alpha value is -4.47. The highest BCUT2D eigenvalue weighted by atomic mass is 16.5. The number of hydrogen-bond donors (Lipinski definition) is 3. The van der Waals surface area contributed by atoms with Gasteiger partial charge in [-0.3, -0.25) is 4.79 Å². The number of fused-ring (bicyclic) bond motifs is 1. The number of nitrogen functional groups attached to an aromatic ring is 1. The van der Waals surface area contributed by atoms with Crippen molar-refractivity contribution >= 4 is 35.6 Å². The van der Waals surface area contributed by atoms with Crippen LogP contribution in [0.3, 0.4) is 0 Å². The normalized spacial score (nSPS) is 17.0. The molecule has 0 aliphatic carbocycles. The van der Waals surface area contributed by atoms with E-state index in [0.29, 0.717) is 23.1 Å². The number of carbonyl (C=O) groups is 2. The van der Waals surface area contributed by atoms with Gasteiger partial charge >= 0.3 is 0 Å². The lowest BCUT2D eigenvalue weighted by Crippen LogP contribution is -2.36. The van der Waals surface area contributed by atoms with Gasteiger partial charge in [0.25, 0.3) is 5.88 Å². The molecule has 5 rings (SSSR count). The highest BCUT2D eigenvalue weighted by molar-refractivity contribution is 5.79. The van der Waals surface area contributed by atoms with Gasteiger partial charge < -0.3 is 30.8 Å². The Balaban J connectivity index is 1.45. The van der Waals surface area contributed by atoms with E-state index in [1.165, 1.54) is 12.7 Å². The number of likely N-dealkylation sites (tertiary alicyclic amines) is 1. The van der Waals surface area contributed by atoms with Crippen molar-refractivity contribution in [2.45, 2.75) is 31.7 Å². The largest absolute Gasteiger partial charge is 0.478 e. The second kappa shape index (κ2) is 10.3. The summed E-state index contributed by atoms with van der Waals surface area (Å²) in [7, 11) is 1.48. The molecular formula is C27H29N7O3. The summed E-state index contributed by atoms with van der Waals surface area (Å²) in [6, 6.07) is 9.58. The van der Waals surface area contributed by atoms with Gasteiger partial charge in [0.15, 0.2) is 5.82 Å². The third kappa shape index (κ3) is 4.95. The van der Waals surface area contributed by atoms with Crippen molar-refractivity contribution in [2.75, 3.05) is 31.2 Å². The molecule has 0 saturated carbocycles. The van der Waals surface area contributed by atoms with Crippen LogP contribution in [0, 0.1) is 0 Å². The minimum atomic E-state index is -0.540. The van der Waals surface area contributed by atoms with Crippen LogP contribution in [-0.2, 0) is 9.59 Å². The number of ether oxygens (including phenoxy) is 1. The zero-order chi connectivity index (χ0) is 25.9. The number of benzene rings is 1. The summed E-state index contributed by atoms with van der Waals surface area (Å²) in [5, 5.41) is 6.48. The molecule has 1 fully saturated rings. The number of nitrogens with zero attached hydrogens (tertiary/aromatic N) is 4. The molecule has 1 amide bonds. The number of rotatable bonds is 6. The molecule has 2 aliphatic heterocycles. The van der Waals surface area contributed by atoms with Gasteiger partial charge in [-0.15, -0.1) is 0 Å². The summed E-state index contributed by atoms with van der Waals surface area (Å²) >= 11 is 0. The first-order valence-corrected chi connectivity index (χ1v) is 12.2. The lowest BCUT2D eigenvalue weighted by atomic mass is 9.89. The molecule has 0 radical (unpaired) electrons. The van der Waals surface area contributed by atoms with Gasteiger partial charge in [-0.2, -0.15) is 0 Å². The Labute approximate surface area is 215 Å². The number of methoxy groups -OCH3 is 1. The molecule has 0 spiro atoms. The van der Waals surface area contributed by atoms with E-state index < -0.39 is 6.04 Å². The number of nitrogens with two attached hydrogens (primary N) is 1. The molecule has 2 aliphatic rings. The number of anilines is 3. The maximum Gasteiger partial charge on any atom is 0.257 e. The van der Waals surface area contributed by atoms with E-state index in [1.807, 2.05) is 29.2 Å². The van der Waals surface area contributed by atoms with Gasteiger partial charge in [-0.05, 0) is 60.4 Å². The predicted octanol–water partition coefficient (Wildman–Crippen LogP) is 3.41. The van der Waals surface area contributed by atoms with Gasteiger partial charge in [0, 0.05) is 31.3 Å². The molecule has 4 N–H and O–H groups in total. The molecule has 2 aromatic heterocycles. The quantitative estimate of drug-likeness (QED) is 0.436. The van der Waals surface area contributed by atoms with E-state index in [2.05, 4.69) is 32.7 Å². The maximum atomic E-state index is 11.9. The summed E-state index contributed by atoms with van der Waals surface area (Å²) in [5.41, 5.74) is 10.6. The topological polar surface area (TPSA) is 135 Å². The molecule has 1 atom stereocenters. The number of pyridine rings is 1.